The van der Waals surface area contributed by atoms with Crippen LogP contribution in [0.2, 0.25) is 0 Å². The van der Waals surface area contributed by atoms with Gasteiger partial charge in [0.1, 0.15) is 0 Å². The fourth-order valence-electron chi connectivity index (χ4n) is 1.48. The Balaban J connectivity index is 2.94. The lowest BCUT2D eigenvalue weighted by molar-refractivity contribution is -0.385. The van der Waals surface area contributed by atoms with Gasteiger partial charge in [-0.15, -0.1) is 0 Å². The third-order valence-corrected chi connectivity index (χ3v) is 2.39. The number of rotatable bonds is 6. The predicted molar refractivity (Wildman–Crippen MR) is 71.4 cm³/mol. The molecule has 0 fully saturated rings. The molecule has 0 atom stereocenters. The quantitative estimate of drug-likeness (QED) is 0.633. The molecule has 0 saturated carbocycles. The van der Waals surface area contributed by atoms with Gasteiger partial charge in [-0.2, -0.15) is 0 Å². The first-order valence-corrected chi connectivity index (χ1v) is 6.15. The average Bonchev–Trinajstić information content (AvgIpc) is 2.36. The van der Waals surface area contributed by atoms with Gasteiger partial charge < -0.3 is 10.1 Å². The summed E-state index contributed by atoms with van der Waals surface area (Å²) in [6, 6.07) is 4.21. The van der Waals surface area contributed by atoms with E-state index < -0.39 is 4.92 Å². The van der Waals surface area contributed by atoms with Crippen molar-refractivity contribution < 1.29 is 14.5 Å². The fraction of sp³-hybridized carbons (Fsp3) is 0.462. The lowest BCUT2D eigenvalue weighted by Gasteiger charge is -2.09. The number of carbonyl (C=O) groups is 1. The highest BCUT2D eigenvalue weighted by molar-refractivity contribution is 5.95. The average molecular weight is 266 g/mol. The number of nitro groups is 1. The number of nitrogens with zero attached hydrogens (tertiary/aromatic N) is 1. The maximum Gasteiger partial charge on any atom is 0.311 e. The van der Waals surface area contributed by atoms with Crippen LogP contribution in [0.3, 0.4) is 0 Å². The maximum absolute atomic E-state index is 11.8. The van der Waals surface area contributed by atoms with Gasteiger partial charge in [-0.1, -0.05) is 13.8 Å². The smallest absolute Gasteiger partial charge is 0.311 e. The molecule has 0 heterocycles. The highest BCUT2D eigenvalue weighted by atomic mass is 16.6. The minimum absolute atomic E-state index is 0.174. The van der Waals surface area contributed by atoms with E-state index in [0.717, 1.165) is 0 Å². The van der Waals surface area contributed by atoms with Gasteiger partial charge in [0.2, 0.25) is 0 Å². The second kappa shape index (κ2) is 6.72. The molecule has 1 N–H and O–H groups in total. The van der Waals surface area contributed by atoms with Crippen LogP contribution >= 0.6 is 0 Å². The lowest BCUT2D eigenvalue weighted by Crippen LogP contribution is -2.27. The summed E-state index contributed by atoms with van der Waals surface area (Å²) in [6.45, 7) is 6.55. The fourth-order valence-corrected chi connectivity index (χ4v) is 1.48. The summed E-state index contributed by atoms with van der Waals surface area (Å²) in [5.74, 6) is 0.175. The van der Waals surface area contributed by atoms with Crippen LogP contribution < -0.4 is 10.1 Å². The van der Waals surface area contributed by atoms with E-state index in [1.165, 1.54) is 18.2 Å². The van der Waals surface area contributed by atoms with Crippen LogP contribution in [0, 0.1) is 16.0 Å². The highest BCUT2D eigenvalue weighted by Crippen LogP contribution is 2.27. The summed E-state index contributed by atoms with van der Waals surface area (Å²) in [4.78, 5) is 22.2. The van der Waals surface area contributed by atoms with Crippen LogP contribution in [0.1, 0.15) is 31.1 Å². The second-order valence-corrected chi connectivity index (χ2v) is 4.48. The van der Waals surface area contributed by atoms with Gasteiger partial charge in [0.25, 0.3) is 5.91 Å². The lowest BCUT2D eigenvalue weighted by atomic mass is 10.1. The van der Waals surface area contributed by atoms with Crippen molar-refractivity contribution in [3.63, 3.8) is 0 Å². The largest absolute Gasteiger partial charge is 0.487 e. The first-order chi connectivity index (χ1) is 8.95. The molecule has 0 saturated heterocycles. The van der Waals surface area contributed by atoms with Crippen LogP contribution in [0.15, 0.2) is 18.2 Å². The Kier molecular flexibility index (Phi) is 5.29. The van der Waals surface area contributed by atoms with Crippen LogP contribution in [-0.2, 0) is 0 Å². The molecule has 19 heavy (non-hydrogen) atoms. The SMILES string of the molecule is CCOc1ccc(C(=O)NCC(C)C)cc1[N+](=O)[O-]. The van der Waals surface area contributed by atoms with E-state index in [1.54, 1.807) is 6.92 Å². The number of benzene rings is 1. The number of nitrogens with one attached hydrogen (secondary N) is 1. The van der Waals surface area contributed by atoms with Gasteiger partial charge in [-0.05, 0) is 25.0 Å². The number of hydrogen-bond acceptors (Lipinski definition) is 4. The minimum atomic E-state index is -0.551. The standard InChI is InChI=1S/C13H18N2O4/c1-4-19-12-6-5-10(7-11(12)15(17)18)13(16)14-8-9(2)3/h5-7,9H,4,8H2,1-3H3,(H,14,16). The molecular weight excluding hydrogens is 248 g/mol. The van der Waals surface area contributed by atoms with Gasteiger partial charge in [-0.3, -0.25) is 14.9 Å². The molecule has 0 aromatic heterocycles. The van der Waals surface area contributed by atoms with Crippen molar-refractivity contribution in [2.24, 2.45) is 5.92 Å². The number of carbonyl (C=O) groups excluding carboxylic acids is 1. The molecule has 0 bridgehead atoms. The Hall–Kier alpha value is -2.11. The molecule has 1 aromatic carbocycles. The summed E-state index contributed by atoms with van der Waals surface area (Å²) in [7, 11) is 0. The van der Waals surface area contributed by atoms with Gasteiger partial charge >= 0.3 is 5.69 Å². The van der Waals surface area contributed by atoms with Gasteiger partial charge in [0, 0.05) is 18.2 Å². The first-order valence-electron chi connectivity index (χ1n) is 6.15. The molecule has 0 radical (unpaired) electrons. The van der Waals surface area contributed by atoms with Crippen molar-refractivity contribution in [3.8, 4) is 5.75 Å². The maximum atomic E-state index is 11.8. The molecule has 1 rings (SSSR count). The van der Waals surface area contributed by atoms with Gasteiger partial charge in [0.15, 0.2) is 5.75 Å². The van der Waals surface area contributed by atoms with Crippen LogP contribution in [0.25, 0.3) is 0 Å². The molecular formula is C13H18N2O4. The van der Waals surface area contributed by atoms with E-state index in [0.29, 0.717) is 19.1 Å². The number of nitro benzene ring substituents is 1. The molecule has 0 aliphatic rings. The molecule has 6 heteroatoms. The van der Waals surface area contributed by atoms with Crippen LogP contribution in [-0.4, -0.2) is 24.0 Å². The third kappa shape index (κ3) is 4.24. The normalized spacial score (nSPS) is 10.3. The van der Waals surface area contributed by atoms with E-state index in [9.17, 15) is 14.9 Å². The number of ether oxygens (including phenoxy) is 1. The number of amides is 1. The molecule has 104 valence electrons. The van der Waals surface area contributed by atoms with E-state index in [-0.39, 0.29) is 22.9 Å². The second-order valence-electron chi connectivity index (χ2n) is 4.48. The van der Waals surface area contributed by atoms with Crippen molar-refractivity contribution in [1.29, 1.82) is 0 Å². The van der Waals surface area contributed by atoms with E-state index in [4.69, 9.17) is 4.74 Å². The highest BCUT2D eigenvalue weighted by Gasteiger charge is 2.18. The summed E-state index contributed by atoms with van der Waals surface area (Å²) in [6.07, 6.45) is 0. The molecule has 0 aliphatic carbocycles. The monoisotopic (exact) mass is 266 g/mol. The van der Waals surface area contributed by atoms with Crippen molar-refractivity contribution in [2.75, 3.05) is 13.2 Å². The van der Waals surface area contributed by atoms with Gasteiger partial charge in [0.05, 0.1) is 11.5 Å². The number of hydrogen-bond donors (Lipinski definition) is 1. The summed E-state index contributed by atoms with van der Waals surface area (Å²) >= 11 is 0. The summed E-state index contributed by atoms with van der Waals surface area (Å²) < 4.78 is 5.16. The molecule has 1 aromatic rings. The van der Waals surface area contributed by atoms with Crippen molar-refractivity contribution >= 4 is 11.6 Å². The zero-order chi connectivity index (χ0) is 14.4. The zero-order valence-corrected chi connectivity index (χ0v) is 11.3. The van der Waals surface area contributed by atoms with Crippen molar-refractivity contribution in [1.82, 2.24) is 5.32 Å². The Bertz CT molecular complexity index is 472. The van der Waals surface area contributed by atoms with Crippen molar-refractivity contribution in [2.45, 2.75) is 20.8 Å². The Morgan fingerprint density at radius 2 is 2.16 bits per heavy atom. The predicted octanol–water partition coefficient (Wildman–Crippen LogP) is 2.38. The van der Waals surface area contributed by atoms with E-state index in [2.05, 4.69) is 5.32 Å². The Labute approximate surface area is 111 Å². The minimum Gasteiger partial charge on any atom is -0.487 e. The molecule has 1 amide bonds. The van der Waals surface area contributed by atoms with E-state index >= 15 is 0 Å². The molecule has 0 spiro atoms. The van der Waals surface area contributed by atoms with Crippen LogP contribution in [0.4, 0.5) is 5.69 Å². The topological polar surface area (TPSA) is 81.5 Å². The zero-order valence-electron chi connectivity index (χ0n) is 11.3. The summed E-state index contributed by atoms with van der Waals surface area (Å²) in [5, 5.41) is 13.6. The van der Waals surface area contributed by atoms with Gasteiger partial charge in [-0.25, -0.2) is 0 Å². The molecule has 6 nitrogen and oxygen atoms in total. The van der Waals surface area contributed by atoms with Crippen LogP contribution in [0.5, 0.6) is 5.75 Å². The molecule has 0 unspecified atom stereocenters. The third-order valence-electron chi connectivity index (χ3n) is 2.39. The Morgan fingerprint density at radius 1 is 1.47 bits per heavy atom. The summed E-state index contributed by atoms with van der Waals surface area (Å²) in [5.41, 5.74) is 0.0647. The van der Waals surface area contributed by atoms with E-state index in [1.807, 2.05) is 13.8 Å². The van der Waals surface area contributed by atoms with Crippen molar-refractivity contribution in [3.05, 3.63) is 33.9 Å². The molecule has 0 aliphatic heterocycles. The first kappa shape index (κ1) is 14.9. The Morgan fingerprint density at radius 3 is 2.68 bits per heavy atom.